The number of aromatic nitrogens is 1. The molecule has 26 heavy (non-hydrogen) atoms. The Labute approximate surface area is 155 Å². The van der Waals surface area contributed by atoms with Gasteiger partial charge in [-0.05, 0) is 43.0 Å². The molecule has 2 heterocycles. The molecule has 2 aromatic rings. The maximum Gasteiger partial charge on any atom is 0.243 e. The lowest BCUT2D eigenvalue weighted by molar-refractivity contribution is -0.135. The van der Waals surface area contributed by atoms with Gasteiger partial charge in [-0.25, -0.2) is 0 Å². The minimum absolute atomic E-state index is 0.0982. The molecular formula is C21H29N3O2. The molecule has 3 rings (SSSR count). The molecular weight excluding hydrogens is 326 g/mol. The van der Waals surface area contributed by atoms with Gasteiger partial charge in [-0.15, -0.1) is 0 Å². The number of fused-ring (bicyclic) bond motifs is 1. The van der Waals surface area contributed by atoms with Crippen LogP contribution in [0.5, 0.6) is 0 Å². The summed E-state index contributed by atoms with van der Waals surface area (Å²) in [6.07, 6.45) is 6.81. The molecule has 5 nitrogen and oxygen atoms in total. The van der Waals surface area contributed by atoms with E-state index in [0.717, 1.165) is 43.3 Å². The van der Waals surface area contributed by atoms with E-state index in [9.17, 15) is 9.59 Å². The topological polar surface area (TPSA) is 54.3 Å². The third-order valence-electron chi connectivity index (χ3n) is 4.87. The van der Waals surface area contributed by atoms with Gasteiger partial charge in [-0.2, -0.15) is 0 Å². The van der Waals surface area contributed by atoms with E-state index in [2.05, 4.69) is 42.1 Å². The lowest BCUT2D eigenvalue weighted by atomic mass is 10.1. The van der Waals surface area contributed by atoms with Crippen LogP contribution in [0, 0.1) is 5.92 Å². The van der Waals surface area contributed by atoms with Crippen molar-refractivity contribution in [2.45, 2.75) is 52.5 Å². The van der Waals surface area contributed by atoms with Crippen molar-refractivity contribution in [3.05, 3.63) is 30.5 Å². The molecule has 0 aliphatic carbocycles. The number of benzene rings is 1. The van der Waals surface area contributed by atoms with Crippen molar-refractivity contribution in [3.63, 3.8) is 0 Å². The van der Waals surface area contributed by atoms with Gasteiger partial charge >= 0.3 is 0 Å². The van der Waals surface area contributed by atoms with Gasteiger partial charge in [-0.1, -0.05) is 26.7 Å². The number of carbonyl (C=O) groups excluding carboxylic acids is 2. The van der Waals surface area contributed by atoms with Crippen LogP contribution >= 0.6 is 0 Å². The second-order valence-corrected chi connectivity index (χ2v) is 7.66. The predicted octanol–water partition coefficient (Wildman–Crippen LogP) is 4.03. The van der Waals surface area contributed by atoms with Gasteiger partial charge in [-0.3, -0.25) is 9.59 Å². The molecule has 1 aliphatic heterocycles. The first-order valence-electron chi connectivity index (χ1n) is 9.69. The number of amides is 2. The zero-order valence-corrected chi connectivity index (χ0v) is 15.8. The second kappa shape index (κ2) is 8.39. The van der Waals surface area contributed by atoms with Crippen LogP contribution in [0.3, 0.4) is 0 Å². The first-order chi connectivity index (χ1) is 12.5. The summed E-state index contributed by atoms with van der Waals surface area (Å²) in [5.41, 5.74) is 1.96. The Morgan fingerprint density at radius 1 is 1.15 bits per heavy atom. The Bertz CT molecular complexity index is 779. The molecule has 5 heteroatoms. The normalized spacial score (nSPS) is 16.0. The first-order valence-corrected chi connectivity index (χ1v) is 9.69. The fourth-order valence-corrected chi connectivity index (χ4v) is 3.59. The van der Waals surface area contributed by atoms with Gasteiger partial charge in [0.2, 0.25) is 11.8 Å². The Hall–Kier alpha value is -2.30. The van der Waals surface area contributed by atoms with Crippen molar-refractivity contribution < 1.29 is 9.59 Å². The molecule has 1 saturated heterocycles. The standard InChI is InChI=1S/C21H29N3O2/c1-16(2)14-23-12-10-17-13-18(8-9-19(17)23)22-20(25)15-24-11-6-4-3-5-7-21(24)26/h8-10,12-13,16H,3-7,11,14-15H2,1-2H3,(H,22,25). The molecule has 1 N–H and O–H groups in total. The number of nitrogens with zero attached hydrogens (tertiary/aromatic N) is 2. The van der Waals surface area contributed by atoms with Gasteiger partial charge in [0.1, 0.15) is 0 Å². The van der Waals surface area contributed by atoms with Gasteiger partial charge < -0.3 is 14.8 Å². The van der Waals surface area contributed by atoms with E-state index in [0.29, 0.717) is 18.9 Å². The number of carbonyl (C=O) groups is 2. The Kier molecular flexibility index (Phi) is 5.96. The highest BCUT2D eigenvalue weighted by Crippen LogP contribution is 2.21. The van der Waals surface area contributed by atoms with Crippen LogP contribution in [0.25, 0.3) is 10.9 Å². The van der Waals surface area contributed by atoms with Crippen molar-refractivity contribution in [2.24, 2.45) is 5.92 Å². The van der Waals surface area contributed by atoms with Gasteiger partial charge in [0.15, 0.2) is 0 Å². The number of hydrogen-bond acceptors (Lipinski definition) is 2. The third kappa shape index (κ3) is 4.65. The zero-order chi connectivity index (χ0) is 18.5. The van der Waals surface area contributed by atoms with Gasteiger partial charge in [0.05, 0.1) is 6.54 Å². The average Bonchev–Trinajstić information content (AvgIpc) is 2.96. The Morgan fingerprint density at radius 2 is 1.96 bits per heavy atom. The Morgan fingerprint density at radius 3 is 2.77 bits per heavy atom. The number of hydrogen-bond donors (Lipinski definition) is 1. The second-order valence-electron chi connectivity index (χ2n) is 7.66. The molecule has 1 aromatic heterocycles. The molecule has 0 radical (unpaired) electrons. The fraction of sp³-hybridized carbons (Fsp3) is 0.524. The van der Waals surface area contributed by atoms with Crippen LogP contribution in [-0.4, -0.2) is 34.4 Å². The molecule has 0 atom stereocenters. The van der Waals surface area contributed by atoms with Crippen LogP contribution in [-0.2, 0) is 16.1 Å². The first kappa shape index (κ1) is 18.5. The van der Waals surface area contributed by atoms with Crippen molar-refractivity contribution in [1.29, 1.82) is 0 Å². The van der Waals surface area contributed by atoms with Crippen LogP contribution < -0.4 is 5.32 Å². The van der Waals surface area contributed by atoms with E-state index in [-0.39, 0.29) is 18.4 Å². The van der Waals surface area contributed by atoms with Gasteiger partial charge in [0, 0.05) is 42.3 Å². The lowest BCUT2D eigenvalue weighted by Crippen LogP contribution is -2.39. The van der Waals surface area contributed by atoms with E-state index in [4.69, 9.17) is 0 Å². The predicted molar refractivity (Wildman–Crippen MR) is 105 cm³/mol. The molecule has 1 aliphatic rings. The highest BCUT2D eigenvalue weighted by Gasteiger charge is 2.18. The average molecular weight is 355 g/mol. The quantitative estimate of drug-likeness (QED) is 0.880. The van der Waals surface area contributed by atoms with E-state index in [1.807, 2.05) is 12.1 Å². The summed E-state index contributed by atoms with van der Waals surface area (Å²) in [4.78, 5) is 26.3. The van der Waals surface area contributed by atoms with Crippen LogP contribution in [0.4, 0.5) is 5.69 Å². The van der Waals surface area contributed by atoms with Crippen LogP contribution in [0.2, 0.25) is 0 Å². The zero-order valence-electron chi connectivity index (χ0n) is 15.8. The molecule has 1 aromatic carbocycles. The molecule has 0 bridgehead atoms. The van der Waals surface area contributed by atoms with E-state index in [1.165, 1.54) is 5.52 Å². The molecule has 2 amide bonds. The van der Waals surface area contributed by atoms with E-state index < -0.39 is 0 Å². The van der Waals surface area contributed by atoms with E-state index in [1.54, 1.807) is 4.90 Å². The van der Waals surface area contributed by atoms with Crippen LogP contribution in [0.1, 0.15) is 46.0 Å². The summed E-state index contributed by atoms with van der Waals surface area (Å²) in [5.74, 6) is 0.557. The molecule has 1 fully saturated rings. The smallest absolute Gasteiger partial charge is 0.243 e. The minimum atomic E-state index is -0.125. The van der Waals surface area contributed by atoms with Crippen molar-refractivity contribution in [1.82, 2.24) is 9.47 Å². The minimum Gasteiger partial charge on any atom is -0.347 e. The fourth-order valence-electron chi connectivity index (χ4n) is 3.59. The molecule has 0 spiro atoms. The highest BCUT2D eigenvalue weighted by atomic mass is 16.2. The third-order valence-corrected chi connectivity index (χ3v) is 4.87. The summed E-state index contributed by atoms with van der Waals surface area (Å²) in [6, 6.07) is 8.06. The van der Waals surface area contributed by atoms with Crippen molar-refractivity contribution in [3.8, 4) is 0 Å². The monoisotopic (exact) mass is 355 g/mol. The SMILES string of the molecule is CC(C)Cn1ccc2cc(NC(=O)CN3CCCCCCC3=O)ccc21. The number of likely N-dealkylation sites (tertiary alicyclic amines) is 1. The lowest BCUT2D eigenvalue weighted by Gasteiger charge is -2.24. The molecule has 0 unspecified atom stereocenters. The van der Waals surface area contributed by atoms with Gasteiger partial charge in [0.25, 0.3) is 0 Å². The largest absolute Gasteiger partial charge is 0.347 e. The molecule has 0 saturated carbocycles. The highest BCUT2D eigenvalue weighted by molar-refractivity contribution is 5.96. The van der Waals surface area contributed by atoms with E-state index >= 15 is 0 Å². The molecule has 140 valence electrons. The van der Waals surface area contributed by atoms with Crippen molar-refractivity contribution in [2.75, 3.05) is 18.4 Å². The maximum absolute atomic E-state index is 12.4. The summed E-state index contributed by atoms with van der Waals surface area (Å²) < 4.78 is 2.24. The summed E-state index contributed by atoms with van der Waals surface area (Å²) >= 11 is 0. The summed E-state index contributed by atoms with van der Waals surface area (Å²) in [5, 5.41) is 4.06. The summed E-state index contributed by atoms with van der Waals surface area (Å²) in [6.45, 7) is 6.21. The number of rotatable bonds is 5. The summed E-state index contributed by atoms with van der Waals surface area (Å²) in [7, 11) is 0. The number of anilines is 1. The van der Waals surface area contributed by atoms with Crippen LogP contribution in [0.15, 0.2) is 30.5 Å². The van der Waals surface area contributed by atoms with Crippen molar-refractivity contribution >= 4 is 28.4 Å². The number of nitrogens with one attached hydrogen (secondary N) is 1. The Balaban J connectivity index is 1.64. The maximum atomic E-state index is 12.4.